The number of hydrogen-bond acceptors (Lipinski definition) is 6. The van der Waals surface area contributed by atoms with Gasteiger partial charge in [0.1, 0.15) is 0 Å². The summed E-state index contributed by atoms with van der Waals surface area (Å²) in [4.78, 5) is 29.6. The van der Waals surface area contributed by atoms with Gasteiger partial charge in [-0.05, 0) is 29.7 Å². The zero-order valence-corrected chi connectivity index (χ0v) is 20.5. The molecule has 1 N–H and O–H groups in total. The van der Waals surface area contributed by atoms with Gasteiger partial charge in [0.2, 0.25) is 0 Å². The molecule has 0 atom stereocenters. The van der Waals surface area contributed by atoms with E-state index >= 15 is 0 Å². The fourth-order valence-corrected chi connectivity index (χ4v) is 5.35. The Hall–Kier alpha value is -2.39. The van der Waals surface area contributed by atoms with Crippen LogP contribution in [0.25, 0.3) is 22.0 Å². The van der Waals surface area contributed by atoms with E-state index in [-0.39, 0.29) is 12.4 Å². The Morgan fingerprint density at radius 2 is 1.91 bits per heavy atom. The van der Waals surface area contributed by atoms with Crippen molar-refractivity contribution in [2.75, 3.05) is 17.7 Å². The van der Waals surface area contributed by atoms with Crippen LogP contribution in [0.15, 0.2) is 75.4 Å². The van der Waals surface area contributed by atoms with Gasteiger partial charge < -0.3 is 4.74 Å². The number of thiazole rings is 1. The van der Waals surface area contributed by atoms with Crippen LogP contribution in [-0.2, 0) is 14.3 Å². The standard InChI is InChI=1S/C23H16BrClN2O3S2/c24-16-7-1-6-15(10-16)18-12-32-23(26-18)27-20(28)11-30-21(29)13-31-19-9-3-5-14-4-2-8-17(25)22(14)19/h1-10,12H,11,13H2,(H,26,27,28). The predicted octanol–water partition coefficient (Wildman–Crippen LogP) is 6.65. The van der Waals surface area contributed by atoms with E-state index in [0.717, 1.165) is 31.4 Å². The molecule has 0 spiro atoms. The largest absolute Gasteiger partial charge is 0.455 e. The first kappa shape index (κ1) is 22.8. The fourth-order valence-electron chi connectivity index (χ4n) is 2.97. The normalized spacial score (nSPS) is 10.8. The monoisotopic (exact) mass is 546 g/mol. The molecule has 0 aliphatic carbocycles. The zero-order chi connectivity index (χ0) is 22.5. The van der Waals surface area contributed by atoms with E-state index in [2.05, 4.69) is 26.2 Å². The van der Waals surface area contributed by atoms with E-state index in [1.165, 1.54) is 23.1 Å². The van der Waals surface area contributed by atoms with Gasteiger partial charge in [-0.15, -0.1) is 23.1 Å². The van der Waals surface area contributed by atoms with E-state index in [0.29, 0.717) is 10.2 Å². The van der Waals surface area contributed by atoms with Crippen LogP contribution in [0.3, 0.4) is 0 Å². The Bertz CT molecular complexity index is 1290. The van der Waals surface area contributed by atoms with Gasteiger partial charge in [0.15, 0.2) is 11.7 Å². The van der Waals surface area contributed by atoms with Gasteiger partial charge in [0.05, 0.1) is 11.4 Å². The van der Waals surface area contributed by atoms with Gasteiger partial charge in [-0.25, -0.2) is 4.98 Å². The summed E-state index contributed by atoms with van der Waals surface area (Å²) in [5, 5.41) is 7.49. The van der Waals surface area contributed by atoms with Gasteiger partial charge in [-0.3, -0.25) is 14.9 Å². The summed E-state index contributed by atoms with van der Waals surface area (Å²) in [6.07, 6.45) is 0. The number of nitrogens with one attached hydrogen (secondary N) is 1. The minimum atomic E-state index is -0.483. The van der Waals surface area contributed by atoms with Gasteiger partial charge in [0.25, 0.3) is 5.91 Å². The first-order valence-corrected chi connectivity index (χ1v) is 12.5. The van der Waals surface area contributed by atoms with Crippen LogP contribution in [0.5, 0.6) is 0 Å². The van der Waals surface area contributed by atoms with Crippen molar-refractivity contribution in [3.8, 4) is 11.3 Å². The summed E-state index contributed by atoms with van der Waals surface area (Å²) in [6.45, 7) is -0.374. The van der Waals surface area contributed by atoms with Crippen LogP contribution in [0.1, 0.15) is 0 Å². The molecule has 9 heteroatoms. The summed E-state index contributed by atoms with van der Waals surface area (Å²) < 4.78 is 6.06. The topological polar surface area (TPSA) is 68.3 Å². The molecule has 32 heavy (non-hydrogen) atoms. The lowest BCUT2D eigenvalue weighted by Crippen LogP contribution is -2.21. The highest BCUT2D eigenvalue weighted by Gasteiger charge is 2.13. The van der Waals surface area contributed by atoms with Crippen molar-refractivity contribution in [3.05, 3.63) is 75.5 Å². The maximum absolute atomic E-state index is 12.2. The summed E-state index contributed by atoms with van der Waals surface area (Å²) in [5.41, 5.74) is 1.70. The Morgan fingerprint density at radius 1 is 1.12 bits per heavy atom. The van der Waals surface area contributed by atoms with Crippen LogP contribution < -0.4 is 5.32 Å². The highest BCUT2D eigenvalue weighted by Crippen LogP contribution is 2.33. The van der Waals surface area contributed by atoms with Crippen LogP contribution >= 0.6 is 50.6 Å². The van der Waals surface area contributed by atoms with Gasteiger partial charge >= 0.3 is 5.97 Å². The Kier molecular flexibility index (Phi) is 7.47. The molecule has 0 saturated heterocycles. The molecule has 5 nitrogen and oxygen atoms in total. The maximum Gasteiger partial charge on any atom is 0.316 e. The first-order chi connectivity index (χ1) is 15.5. The number of thioether (sulfide) groups is 1. The average Bonchev–Trinajstić information content (AvgIpc) is 3.25. The fraction of sp³-hybridized carbons (Fsp3) is 0.0870. The highest BCUT2D eigenvalue weighted by molar-refractivity contribution is 9.10. The second-order valence-corrected chi connectivity index (χ2v) is 9.84. The lowest BCUT2D eigenvalue weighted by atomic mass is 10.1. The van der Waals surface area contributed by atoms with Crippen molar-refractivity contribution in [1.82, 2.24) is 4.98 Å². The number of nitrogens with zero attached hydrogens (tertiary/aromatic N) is 1. The molecule has 0 aliphatic heterocycles. The molecule has 162 valence electrons. The van der Waals surface area contributed by atoms with Crippen molar-refractivity contribution in [3.63, 3.8) is 0 Å². The second kappa shape index (κ2) is 10.5. The molecule has 4 rings (SSSR count). The number of ether oxygens (including phenoxy) is 1. The Balaban J connectivity index is 1.28. The van der Waals surface area contributed by atoms with Crippen molar-refractivity contribution in [1.29, 1.82) is 0 Å². The number of anilines is 1. The zero-order valence-electron chi connectivity index (χ0n) is 16.5. The molecule has 0 radical (unpaired) electrons. The first-order valence-electron chi connectivity index (χ1n) is 9.46. The van der Waals surface area contributed by atoms with Crippen molar-refractivity contribution in [2.24, 2.45) is 0 Å². The number of esters is 1. The molecule has 1 heterocycles. The van der Waals surface area contributed by atoms with Gasteiger partial charge in [0, 0.05) is 30.7 Å². The van der Waals surface area contributed by atoms with E-state index < -0.39 is 11.9 Å². The van der Waals surface area contributed by atoms with Crippen molar-refractivity contribution < 1.29 is 14.3 Å². The Labute approximate surface area is 206 Å². The van der Waals surface area contributed by atoms with Crippen LogP contribution in [0, 0.1) is 0 Å². The number of carbonyl (C=O) groups is 2. The van der Waals surface area contributed by atoms with Gasteiger partial charge in [-0.1, -0.05) is 63.9 Å². The molecule has 0 unspecified atom stereocenters. The number of benzene rings is 3. The number of rotatable bonds is 7. The number of aromatic nitrogens is 1. The number of fused-ring (bicyclic) bond motifs is 1. The van der Waals surface area contributed by atoms with E-state index in [1.807, 2.05) is 66.0 Å². The molecule has 0 aliphatic rings. The summed E-state index contributed by atoms with van der Waals surface area (Å²) in [7, 11) is 0. The molecular weight excluding hydrogens is 532 g/mol. The molecule has 0 saturated carbocycles. The molecule has 0 fully saturated rings. The number of hydrogen-bond donors (Lipinski definition) is 1. The lowest BCUT2D eigenvalue weighted by Gasteiger charge is -2.08. The number of amides is 1. The van der Waals surface area contributed by atoms with E-state index in [1.54, 1.807) is 0 Å². The molecule has 1 amide bonds. The van der Waals surface area contributed by atoms with E-state index in [9.17, 15) is 9.59 Å². The summed E-state index contributed by atoms with van der Waals surface area (Å²) in [6, 6.07) is 19.2. The van der Waals surface area contributed by atoms with E-state index in [4.69, 9.17) is 16.3 Å². The quantitative estimate of drug-likeness (QED) is 0.207. The number of halogens is 2. The predicted molar refractivity (Wildman–Crippen MR) is 135 cm³/mol. The third kappa shape index (κ3) is 5.69. The molecule has 0 bridgehead atoms. The van der Waals surface area contributed by atoms with Crippen LogP contribution in [0.2, 0.25) is 5.02 Å². The lowest BCUT2D eigenvalue weighted by molar-refractivity contribution is -0.144. The molecule has 3 aromatic carbocycles. The van der Waals surface area contributed by atoms with Crippen molar-refractivity contribution >= 4 is 78.4 Å². The summed E-state index contributed by atoms with van der Waals surface area (Å²) in [5.74, 6) is -0.850. The Morgan fingerprint density at radius 3 is 2.72 bits per heavy atom. The van der Waals surface area contributed by atoms with Crippen LogP contribution in [0.4, 0.5) is 5.13 Å². The van der Waals surface area contributed by atoms with Crippen molar-refractivity contribution in [2.45, 2.75) is 4.90 Å². The highest BCUT2D eigenvalue weighted by atomic mass is 79.9. The maximum atomic E-state index is 12.2. The molecule has 4 aromatic rings. The minimum absolute atomic E-state index is 0.0713. The molecular formula is C23H16BrClN2O3S2. The van der Waals surface area contributed by atoms with Crippen LogP contribution in [-0.4, -0.2) is 29.2 Å². The molecule has 1 aromatic heterocycles. The minimum Gasteiger partial charge on any atom is -0.455 e. The van der Waals surface area contributed by atoms with Gasteiger partial charge in [-0.2, -0.15) is 0 Å². The third-order valence-corrected chi connectivity index (χ3v) is 6.99. The summed E-state index contributed by atoms with van der Waals surface area (Å²) >= 11 is 12.4. The SMILES string of the molecule is O=C(COC(=O)CSc1cccc2cccc(Cl)c12)Nc1nc(-c2cccc(Br)c2)cs1. The number of carbonyl (C=O) groups excluding carboxylic acids is 2. The average molecular weight is 548 g/mol. The second-order valence-electron chi connectivity index (χ2n) is 6.64. The smallest absolute Gasteiger partial charge is 0.316 e. The third-order valence-electron chi connectivity index (χ3n) is 4.40.